The number of rotatable bonds is 5. The molecule has 0 saturated carbocycles. The van der Waals surface area contributed by atoms with Crippen LogP contribution in [0, 0.1) is 11.6 Å². The Hall–Kier alpha value is -1.60. The number of nitrogens with zero attached hydrogens (tertiary/aromatic N) is 2. The van der Waals surface area contributed by atoms with E-state index in [2.05, 4.69) is 15.5 Å². The van der Waals surface area contributed by atoms with Crippen LogP contribution in [0.25, 0.3) is 0 Å². The summed E-state index contributed by atoms with van der Waals surface area (Å²) in [5.74, 6) is -2.11. The van der Waals surface area contributed by atoms with E-state index in [4.69, 9.17) is 11.6 Å². The van der Waals surface area contributed by atoms with Gasteiger partial charge in [0.1, 0.15) is 5.01 Å². The lowest BCUT2D eigenvalue weighted by Gasteiger charge is -2.01. The molecule has 0 unspecified atom stereocenters. The Morgan fingerprint density at radius 3 is 2.80 bits per heavy atom. The van der Waals surface area contributed by atoms with Gasteiger partial charge in [-0.2, -0.15) is 0 Å². The largest absolute Gasteiger partial charge is 0.296 e. The number of aromatic nitrogens is 2. The highest BCUT2D eigenvalue weighted by Gasteiger charge is 2.12. The highest BCUT2D eigenvalue weighted by atomic mass is 35.5. The molecule has 1 amide bonds. The molecule has 2 rings (SSSR count). The van der Waals surface area contributed by atoms with Crippen molar-refractivity contribution >= 4 is 34.0 Å². The molecule has 1 heterocycles. The highest BCUT2D eigenvalue weighted by molar-refractivity contribution is 7.15. The Labute approximate surface area is 122 Å². The molecule has 0 fully saturated rings. The van der Waals surface area contributed by atoms with Gasteiger partial charge in [-0.15, -0.1) is 21.8 Å². The number of halogens is 3. The lowest BCUT2D eigenvalue weighted by molar-refractivity contribution is 0.102. The fourth-order valence-electron chi connectivity index (χ4n) is 1.43. The Morgan fingerprint density at radius 2 is 2.10 bits per heavy atom. The fourth-order valence-corrected chi connectivity index (χ4v) is 2.34. The van der Waals surface area contributed by atoms with Gasteiger partial charge in [0.2, 0.25) is 5.13 Å². The summed E-state index contributed by atoms with van der Waals surface area (Å²) >= 11 is 6.79. The zero-order valence-electron chi connectivity index (χ0n) is 10.2. The summed E-state index contributed by atoms with van der Waals surface area (Å²) in [6, 6.07) is 2.93. The molecule has 4 nitrogen and oxygen atoms in total. The van der Waals surface area contributed by atoms with Gasteiger partial charge < -0.3 is 0 Å². The van der Waals surface area contributed by atoms with Gasteiger partial charge in [-0.25, -0.2) is 8.78 Å². The van der Waals surface area contributed by atoms with E-state index < -0.39 is 17.5 Å². The Bertz CT molecular complexity index is 620. The number of aryl methyl sites for hydroxylation is 1. The maximum atomic E-state index is 13.0. The molecule has 0 spiro atoms. The molecular formula is C12H10ClF2N3OS. The maximum Gasteiger partial charge on any atom is 0.257 e. The number of hydrogen-bond acceptors (Lipinski definition) is 4. The van der Waals surface area contributed by atoms with E-state index in [-0.39, 0.29) is 5.56 Å². The summed E-state index contributed by atoms with van der Waals surface area (Å²) in [4.78, 5) is 11.8. The zero-order valence-corrected chi connectivity index (χ0v) is 11.8. The van der Waals surface area contributed by atoms with Crippen LogP contribution in [0.2, 0.25) is 0 Å². The van der Waals surface area contributed by atoms with Crippen LogP contribution < -0.4 is 5.32 Å². The standard InChI is InChI=1S/C12H10ClF2N3OS/c13-5-1-2-10-17-18-12(20-10)16-11(19)7-3-4-8(14)9(15)6-7/h3-4,6H,1-2,5H2,(H,16,18,19). The number of carbonyl (C=O) groups is 1. The van der Waals surface area contributed by atoms with Crippen LogP contribution >= 0.6 is 22.9 Å². The van der Waals surface area contributed by atoms with Gasteiger partial charge in [0.15, 0.2) is 11.6 Å². The molecule has 1 aromatic heterocycles. The van der Waals surface area contributed by atoms with Crippen molar-refractivity contribution in [1.29, 1.82) is 0 Å². The Morgan fingerprint density at radius 1 is 1.30 bits per heavy atom. The summed E-state index contributed by atoms with van der Waals surface area (Å²) in [6.07, 6.45) is 1.45. The van der Waals surface area contributed by atoms with E-state index in [1.54, 1.807) is 0 Å². The number of alkyl halides is 1. The van der Waals surface area contributed by atoms with Crippen LogP contribution in [0.3, 0.4) is 0 Å². The third kappa shape index (κ3) is 3.71. The minimum absolute atomic E-state index is 0.0152. The molecule has 0 aliphatic heterocycles. The predicted molar refractivity (Wildman–Crippen MR) is 73.3 cm³/mol. The summed E-state index contributed by atoms with van der Waals surface area (Å²) in [7, 11) is 0. The van der Waals surface area contributed by atoms with Crippen LogP contribution in [0.5, 0.6) is 0 Å². The molecule has 0 bridgehead atoms. The second-order valence-electron chi connectivity index (χ2n) is 3.88. The quantitative estimate of drug-likeness (QED) is 0.861. The van der Waals surface area contributed by atoms with Crippen LogP contribution in [0.4, 0.5) is 13.9 Å². The van der Waals surface area contributed by atoms with Crippen molar-refractivity contribution in [2.24, 2.45) is 0 Å². The fraction of sp³-hybridized carbons (Fsp3) is 0.250. The van der Waals surface area contributed by atoms with E-state index in [1.165, 1.54) is 17.4 Å². The van der Waals surface area contributed by atoms with Crippen molar-refractivity contribution < 1.29 is 13.6 Å². The number of anilines is 1. The summed E-state index contributed by atoms with van der Waals surface area (Å²) in [5, 5.41) is 11.2. The Balaban J connectivity index is 2.03. The van der Waals surface area contributed by atoms with Crippen molar-refractivity contribution in [2.45, 2.75) is 12.8 Å². The van der Waals surface area contributed by atoms with Crippen LogP contribution in [-0.4, -0.2) is 22.0 Å². The molecule has 0 saturated heterocycles. The molecular weight excluding hydrogens is 308 g/mol. The SMILES string of the molecule is O=C(Nc1nnc(CCCCl)s1)c1ccc(F)c(F)c1. The zero-order chi connectivity index (χ0) is 14.5. The summed E-state index contributed by atoms with van der Waals surface area (Å²) in [5.41, 5.74) is 0.0152. The molecule has 8 heteroatoms. The van der Waals surface area contributed by atoms with Gasteiger partial charge >= 0.3 is 0 Å². The van der Waals surface area contributed by atoms with E-state index in [0.717, 1.165) is 23.6 Å². The Kier molecular flexibility index (Phi) is 4.97. The summed E-state index contributed by atoms with van der Waals surface area (Å²) in [6.45, 7) is 0. The first-order valence-electron chi connectivity index (χ1n) is 5.75. The van der Waals surface area contributed by atoms with Crippen LogP contribution in [0.1, 0.15) is 21.8 Å². The molecule has 0 radical (unpaired) electrons. The van der Waals surface area contributed by atoms with Crippen molar-refractivity contribution in [1.82, 2.24) is 10.2 Å². The smallest absolute Gasteiger partial charge is 0.257 e. The third-order valence-corrected chi connectivity index (χ3v) is 3.56. The third-order valence-electron chi connectivity index (χ3n) is 2.39. The lowest BCUT2D eigenvalue weighted by Crippen LogP contribution is -2.12. The van der Waals surface area contributed by atoms with Crippen molar-refractivity contribution in [3.63, 3.8) is 0 Å². The number of hydrogen-bond donors (Lipinski definition) is 1. The molecule has 1 N–H and O–H groups in total. The van der Waals surface area contributed by atoms with E-state index in [0.29, 0.717) is 17.4 Å². The first kappa shape index (κ1) is 14.8. The molecule has 106 valence electrons. The molecule has 20 heavy (non-hydrogen) atoms. The average Bonchev–Trinajstić information content (AvgIpc) is 2.87. The van der Waals surface area contributed by atoms with E-state index in [1.807, 2.05) is 0 Å². The topological polar surface area (TPSA) is 54.9 Å². The molecule has 1 aromatic carbocycles. The van der Waals surface area contributed by atoms with Crippen molar-refractivity contribution in [3.05, 3.63) is 40.4 Å². The number of carbonyl (C=O) groups excluding carboxylic acids is 1. The summed E-state index contributed by atoms with van der Waals surface area (Å²) < 4.78 is 25.8. The van der Waals surface area contributed by atoms with Crippen LogP contribution in [-0.2, 0) is 6.42 Å². The normalized spacial score (nSPS) is 10.6. The van der Waals surface area contributed by atoms with Crippen LogP contribution in [0.15, 0.2) is 18.2 Å². The maximum absolute atomic E-state index is 13.0. The van der Waals surface area contributed by atoms with Crippen molar-refractivity contribution in [2.75, 3.05) is 11.2 Å². The second kappa shape index (κ2) is 6.71. The molecule has 2 aromatic rings. The first-order valence-corrected chi connectivity index (χ1v) is 7.10. The van der Waals surface area contributed by atoms with Gasteiger partial charge in [-0.1, -0.05) is 11.3 Å². The van der Waals surface area contributed by atoms with E-state index in [9.17, 15) is 13.6 Å². The van der Waals surface area contributed by atoms with Gasteiger partial charge in [0, 0.05) is 17.9 Å². The second-order valence-corrected chi connectivity index (χ2v) is 5.32. The first-order chi connectivity index (χ1) is 9.60. The molecule has 0 aliphatic rings. The number of amides is 1. The van der Waals surface area contributed by atoms with Gasteiger partial charge in [-0.05, 0) is 24.6 Å². The van der Waals surface area contributed by atoms with Gasteiger partial charge in [-0.3, -0.25) is 10.1 Å². The molecule has 0 atom stereocenters. The monoisotopic (exact) mass is 317 g/mol. The molecule has 0 aliphatic carbocycles. The highest BCUT2D eigenvalue weighted by Crippen LogP contribution is 2.18. The van der Waals surface area contributed by atoms with Gasteiger partial charge in [0.25, 0.3) is 5.91 Å². The van der Waals surface area contributed by atoms with Gasteiger partial charge in [0.05, 0.1) is 0 Å². The minimum atomic E-state index is -1.07. The number of nitrogens with one attached hydrogen (secondary N) is 1. The predicted octanol–water partition coefficient (Wildman–Crippen LogP) is 3.24. The minimum Gasteiger partial charge on any atom is -0.296 e. The number of benzene rings is 1. The van der Waals surface area contributed by atoms with E-state index >= 15 is 0 Å². The lowest BCUT2D eigenvalue weighted by atomic mass is 10.2. The van der Waals surface area contributed by atoms with Crippen molar-refractivity contribution in [3.8, 4) is 0 Å². The average molecular weight is 318 g/mol.